The van der Waals surface area contributed by atoms with Crippen molar-refractivity contribution in [2.75, 3.05) is 6.61 Å². The van der Waals surface area contributed by atoms with Crippen LogP contribution in [-0.2, 0) is 4.74 Å². The van der Waals surface area contributed by atoms with E-state index >= 15 is 0 Å². The van der Waals surface area contributed by atoms with Crippen LogP contribution >= 0.6 is 15.9 Å². The maximum Gasteiger partial charge on any atom is 0.357 e. The Hall–Kier alpha value is -1.50. The number of hydrogen-bond donors (Lipinski definition) is 0. The number of imidazole rings is 1. The van der Waals surface area contributed by atoms with Crippen LogP contribution in [0, 0.1) is 6.92 Å². The second-order valence-corrected chi connectivity index (χ2v) is 4.82. The Morgan fingerprint density at radius 2 is 2.26 bits per heavy atom. The Balaban J connectivity index is 2.76. The molecule has 0 aliphatic heterocycles. The van der Waals surface area contributed by atoms with Crippen LogP contribution in [-0.4, -0.2) is 22.0 Å². The molecule has 0 N–H and O–H groups in total. The van der Waals surface area contributed by atoms with Crippen LogP contribution in [0.15, 0.2) is 16.7 Å². The number of esters is 1. The molecule has 4 nitrogen and oxygen atoms in total. The van der Waals surface area contributed by atoms with Crippen LogP contribution in [0.3, 0.4) is 0 Å². The zero-order valence-corrected chi connectivity index (χ0v) is 11.9. The fourth-order valence-electron chi connectivity index (χ4n) is 1.84. The zero-order valence-electron chi connectivity index (χ0n) is 10.3. The number of fused-ring (bicyclic) bond motifs is 1. The predicted molar refractivity (Wildman–Crippen MR) is 68.5 cm³/mol. The Morgan fingerprint density at radius 3 is 2.84 bits per heavy atom. The second-order valence-electron chi connectivity index (χ2n) is 3.90. The average molecular weight is 333 g/mol. The maximum atomic E-state index is 13.0. The van der Waals surface area contributed by atoms with Gasteiger partial charge in [0.2, 0.25) is 0 Å². The first kappa shape index (κ1) is 13.9. The molecule has 0 aliphatic carbocycles. The van der Waals surface area contributed by atoms with Crippen molar-refractivity contribution in [1.82, 2.24) is 9.38 Å². The van der Waals surface area contributed by atoms with Crippen molar-refractivity contribution in [3.63, 3.8) is 0 Å². The molecule has 0 aromatic carbocycles. The van der Waals surface area contributed by atoms with E-state index in [-0.39, 0.29) is 12.3 Å². The van der Waals surface area contributed by atoms with Crippen LogP contribution < -0.4 is 0 Å². The van der Waals surface area contributed by atoms with Crippen molar-refractivity contribution in [3.05, 3.63) is 33.7 Å². The summed E-state index contributed by atoms with van der Waals surface area (Å²) in [5.74, 6) is -0.803. The molecule has 2 rings (SSSR count). The van der Waals surface area contributed by atoms with Crippen molar-refractivity contribution in [1.29, 1.82) is 0 Å². The number of carbonyl (C=O) groups is 1. The van der Waals surface area contributed by atoms with Crippen molar-refractivity contribution in [2.24, 2.45) is 0 Å². The number of rotatable bonds is 3. The summed E-state index contributed by atoms with van der Waals surface area (Å²) in [7, 11) is 0. The van der Waals surface area contributed by atoms with Gasteiger partial charge in [-0.2, -0.15) is 0 Å². The minimum atomic E-state index is -2.84. The van der Waals surface area contributed by atoms with E-state index in [0.717, 1.165) is 0 Å². The number of hydrogen-bond acceptors (Lipinski definition) is 3. The van der Waals surface area contributed by atoms with Crippen molar-refractivity contribution < 1.29 is 18.3 Å². The summed E-state index contributed by atoms with van der Waals surface area (Å²) in [5.41, 5.74) is 0.226. The quantitative estimate of drug-likeness (QED) is 0.808. The molecular weight excluding hydrogens is 322 g/mol. The van der Waals surface area contributed by atoms with Gasteiger partial charge in [-0.25, -0.2) is 18.6 Å². The minimum Gasteiger partial charge on any atom is -0.461 e. The minimum absolute atomic E-state index is 0.113. The standard InChI is InChI=1S/C12H11BrF2N2O2/c1-3-19-12(18)9-8(10(14)15)16-11-6(2)4-7(13)5-17(9)11/h4-5,10H,3H2,1-2H3. The molecule has 0 unspecified atom stereocenters. The lowest BCUT2D eigenvalue weighted by atomic mass is 10.3. The van der Waals surface area contributed by atoms with E-state index in [1.54, 1.807) is 19.9 Å². The molecule has 0 saturated carbocycles. The number of aryl methyl sites for hydroxylation is 1. The first-order chi connectivity index (χ1) is 8.95. The van der Waals surface area contributed by atoms with Crippen LogP contribution in [0.4, 0.5) is 8.78 Å². The molecule has 2 aromatic rings. The normalized spacial score (nSPS) is 11.3. The van der Waals surface area contributed by atoms with Gasteiger partial charge < -0.3 is 4.74 Å². The van der Waals surface area contributed by atoms with Gasteiger partial charge in [-0.15, -0.1) is 0 Å². The zero-order chi connectivity index (χ0) is 14.2. The number of halogens is 3. The number of nitrogens with zero attached hydrogens (tertiary/aromatic N) is 2. The Kier molecular flexibility index (Phi) is 3.84. The number of ether oxygens (including phenoxy) is 1. The molecule has 0 fully saturated rings. The van der Waals surface area contributed by atoms with Gasteiger partial charge in [0.05, 0.1) is 6.61 Å². The molecule has 2 heterocycles. The fraction of sp³-hybridized carbons (Fsp3) is 0.333. The highest BCUT2D eigenvalue weighted by molar-refractivity contribution is 9.10. The molecule has 0 amide bonds. The summed E-state index contributed by atoms with van der Waals surface area (Å²) < 4.78 is 32.8. The first-order valence-corrected chi connectivity index (χ1v) is 6.38. The Morgan fingerprint density at radius 1 is 1.58 bits per heavy atom. The predicted octanol–water partition coefficient (Wildman–Crippen LogP) is 3.52. The summed E-state index contributed by atoms with van der Waals surface area (Å²) in [6, 6.07) is 1.74. The second kappa shape index (κ2) is 5.24. The third-order valence-corrected chi connectivity index (χ3v) is 3.01. The van der Waals surface area contributed by atoms with E-state index in [2.05, 4.69) is 20.9 Å². The van der Waals surface area contributed by atoms with Gasteiger partial charge in [0, 0.05) is 10.7 Å². The molecule has 19 heavy (non-hydrogen) atoms. The van der Waals surface area contributed by atoms with Gasteiger partial charge >= 0.3 is 5.97 Å². The Labute approximate surface area is 116 Å². The lowest BCUT2D eigenvalue weighted by Gasteiger charge is -2.05. The largest absolute Gasteiger partial charge is 0.461 e. The molecule has 0 spiro atoms. The summed E-state index contributed by atoms with van der Waals surface area (Å²) >= 11 is 3.26. The third kappa shape index (κ3) is 2.47. The topological polar surface area (TPSA) is 43.6 Å². The molecular formula is C12H11BrF2N2O2. The number of alkyl halides is 2. The molecule has 2 aromatic heterocycles. The number of pyridine rings is 1. The number of carbonyl (C=O) groups excluding carboxylic acids is 1. The molecule has 0 radical (unpaired) electrons. The van der Waals surface area contributed by atoms with E-state index in [9.17, 15) is 13.6 Å². The van der Waals surface area contributed by atoms with Crippen molar-refractivity contribution in [2.45, 2.75) is 20.3 Å². The summed E-state index contributed by atoms with van der Waals surface area (Å²) in [6.07, 6.45) is -1.31. The molecule has 0 atom stereocenters. The van der Waals surface area contributed by atoms with Gasteiger partial charge in [0.1, 0.15) is 11.3 Å². The summed E-state index contributed by atoms with van der Waals surface area (Å²) in [5, 5.41) is 0. The SMILES string of the molecule is CCOC(=O)c1c(C(F)F)nc2c(C)cc(Br)cn12. The lowest BCUT2D eigenvalue weighted by Crippen LogP contribution is -2.11. The maximum absolute atomic E-state index is 13.0. The highest BCUT2D eigenvalue weighted by Gasteiger charge is 2.27. The molecule has 0 saturated heterocycles. The highest BCUT2D eigenvalue weighted by Crippen LogP contribution is 2.27. The van der Waals surface area contributed by atoms with Gasteiger partial charge in [-0.1, -0.05) is 0 Å². The van der Waals surface area contributed by atoms with Gasteiger partial charge in [0.25, 0.3) is 6.43 Å². The monoisotopic (exact) mass is 332 g/mol. The van der Waals surface area contributed by atoms with Crippen molar-refractivity contribution in [3.8, 4) is 0 Å². The average Bonchev–Trinajstić information content (AvgIpc) is 2.68. The van der Waals surface area contributed by atoms with Gasteiger partial charge in [0.15, 0.2) is 5.69 Å². The van der Waals surface area contributed by atoms with Crippen molar-refractivity contribution >= 4 is 27.5 Å². The van der Waals surface area contributed by atoms with Gasteiger partial charge in [-0.3, -0.25) is 4.40 Å². The smallest absolute Gasteiger partial charge is 0.357 e. The Bertz CT molecular complexity index is 640. The van der Waals surface area contributed by atoms with Gasteiger partial charge in [-0.05, 0) is 41.4 Å². The van der Waals surface area contributed by atoms with E-state index in [4.69, 9.17) is 4.74 Å². The lowest BCUT2D eigenvalue weighted by molar-refractivity contribution is 0.0506. The van der Waals surface area contributed by atoms with Crippen LogP contribution in [0.1, 0.15) is 35.1 Å². The van der Waals surface area contributed by atoms with E-state index in [1.165, 1.54) is 10.6 Å². The van der Waals surface area contributed by atoms with E-state index in [0.29, 0.717) is 15.7 Å². The number of aromatic nitrogens is 2. The summed E-state index contributed by atoms with van der Waals surface area (Å²) in [6.45, 7) is 3.46. The summed E-state index contributed by atoms with van der Waals surface area (Å²) in [4.78, 5) is 15.7. The third-order valence-electron chi connectivity index (χ3n) is 2.57. The molecule has 0 bridgehead atoms. The molecule has 102 valence electrons. The fourth-order valence-corrected chi connectivity index (χ4v) is 2.39. The van der Waals surface area contributed by atoms with Crippen LogP contribution in [0.5, 0.6) is 0 Å². The molecule has 7 heteroatoms. The van der Waals surface area contributed by atoms with E-state index in [1.807, 2.05) is 0 Å². The van der Waals surface area contributed by atoms with Crippen LogP contribution in [0.25, 0.3) is 5.65 Å². The van der Waals surface area contributed by atoms with Crippen LogP contribution in [0.2, 0.25) is 0 Å². The molecule has 0 aliphatic rings. The highest BCUT2D eigenvalue weighted by atomic mass is 79.9. The first-order valence-electron chi connectivity index (χ1n) is 5.59. The van der Waals surface area contributed by atoms with E-state index < -0.39 is 18.1 Å².